The number of carbonyl (C=O) groups excluding carboxylic acids is 1. The standard InChI is InChI=1S/C22H28N6O/c1-4-9-27(3)21-18-14-19(25-20(18)23-15-24-21)16-5-7-17(8-6-16)22(29)28-12-10-26(2)11-13-28/h5-8,14-15H,4,9-13H2,1-3H3,(H,23,24,25). The van der Waals surface area contributed by atoms with E-state index in [1.165, 1.54) is 0 Å². The third kappa shape index (κ3) is 3.96. The van der Waals surface area contributed by atoms with Gasteiger partial charge in [-0.15, -0.1) is 0 Å². The molecule has 1 aliphatic rings. The molecule has 1 N–H and O–H groups in total. The first-order chi connectivity index (χ1) is 14.1. The van der Waals surface area contributed by atoms with E-state index in [-0.39, 0.29) is 5.91 Å². The van der Waals surface area contributed by atoms with Crippen molar-refractivity contribution >= 4 is 22.8 Å². The van der Waals surface area contributed by atoms with E-state index in [9.17, 15) is 4.79 Å². The van der Waals surface area contributed by atoms with Crippen LogP contribution in [0.25, 0.3) is 22.3 Å². The Hall–Kier alpha value is -2.93. The van der Waals surface area contributed by atoms with E-state index in [1.54, 1.807) is 6.33 Å². The SMILES string of the molecule is CCCN(C)c1ncnc2[nH]c(-c3ccc(C(=O)N4CCN(C)CC4)cc3)cc12. The van der Waals surface area contributed by atoms with Crippen LogP contribution in [0.5, 0.6) is 0 Å². The molecule has 1 amide bonds. The number of carbonyl (C=O) groups is 1. The Morgan fingerprint density at radius 3 is 2.55 bits per heavy atom. The fourth-order valence-electron chi connectivity index (χ4n) is 3.81. The normalized spacial score (nSPS) is 15.1. The molecule has 0 bridgehead atoms. The van der Waals surface area contributed by atoms with E-state index in [2.05, 4.69) is 51.8 Å². The lowest BCUT2D eigenvalue weighted by Gasteiger charge is -2.32. The minimum atomic E-state index is 0.107. The number of piperazine rings is 1. The Morgan fingerprint density at radius 2 is 1.86 bits per heavy atom. The molecule has 0 unspecified atom stereocenters. The van der Waals surface area contributed by atoms with Crippen LogP contribution in [0.1, 0.15) is 23.7 Å². The second-order valence-electron chi connectivity index (χ2n) is 7.74. The molecule has 29 heavy (non-hydrogen) atoms. The van der Waals surface area contributed by atoms with Gasteiger partial charge in [0.15, 0.2) is 0 Å². The van der Waals surface area contributed by atoms with E-state index in [4.69, 9.17) is 0 Å². The number of anilines is 1. The van der Waals surface area contributed by atoms with Crippen molar-refractivity contribution < 1.29 is 4.79 Å². The third-order valence-corrected chi connectivity index (χ3v) is 5.56. The second-order valence-corrected chi connectivity index (χ2v) is 7.74. The van der Waals surface area contributed by atoms with Crippen molar-refractivity contribution in [3.8, 4) is 11.3 Å². The topological polar surface area (TPSA) is 68.4 Å². The van der Waals surface area contributed by atoms with Crippen molar-refractivity contribution in [2.45, 2.75) is 13.3 Å². The van der Waals surface area contributed by atoms with Gasteiger partial charge in [0, 0.05) is 51.0 Å². The molecule has 7 nitrogen and oxygen atoms in total. The summed E-state index contributed by atoms with van der Waals surface area (Å²) in [6, 6.07) is 9.91. The summed E-state index contributed by atoms with van der Waals surface area (Å²) in [4.78, 5) is 31.3. The summed E-state index contributed by atoms with van der Waals surface area (Å²) in [6.45, 7) is 6.51. The lowest BCUT2D eigenvalue weighted by atomic mass is 10.1. The molecular formula is C22H28N6O. The van der Waals surface area contributed by atoms with Gasteiger partial charge < -0.3 is 19.7 Å². The largest absolute Gasteiger partial charge is 0.359 e. The number of hydrogen-bond acceptors (Lipinski definition) is 5. The van der Waals surface area contributed by atoms with Gasteiger partial charge in [0.05, 0.1) is 5.39 Å². The zero-order chi connectivity index (χ0) is 20.4. The molecule has 0 atom stereocenters. The van der Waals surface area contributed by atoms with E-state index in [0.717, 1.165) is 72.8 Å². The first kappa shape index (κ1) is 19.4. The Balaban J connectivity index is 1.57. The number of benzene rings is 1. The molecule has 1 saturated heterocycles. The highest BCUT2D eigenvalue weighted by Gasteiger charge is 2.20. The maximum absolute atomic E-state index is 12.8. The molecule has 0 spiro atoms. The Morgan fingerprint density at radius 1 is 1.14 bits per heavy atom. The van der Waals surface area contributed by atoms with Crippen molar-refractivity contribution in [2.24, 2.45) is 0 Å². The third-order valence-electron chi connectivity index (χ3n) is 5.56. The average molecular weight is 393 g/mol. The van der Waals surface area contributed by atoms with E-state index in [1.807, 2.05) is 29.2 Å². The molecule has 3 heterocycles. The summed E-state index contributed by atoms with van der Waals surface area (Å²) in [5.41, 5.74) is 3.57. The Kier molecular flexibility index (Phi) is 5.49. The predicted octanol–water partition coefficient (Wildman–Crippen LogP) is 2.86. The van der Waals surface area contributed by atoms with Crippen LogP contribution >= 0.6 is 0 Å². The van der Waals surface area contributed by atoms with E-state index < -0.39 is 0 Å². The molecule has 3 aromatic rings. The Labute approximate surface area is 171 Å². The number of likely N-dealkylation sites (N-methyl/N-ethyl adjacent to an activating group) is 1. The van der Waals surface area contributed by atoms with Crippen LogP contribution < -0.4 is 4.90 Å². The second kappa shape index (κ2) is 8.21. The molecule has 4 rings (SSSR count). The molecule has 152 valence electrons. The first-order valence-corrected chi connectivity index (χ1v) is 10.2. The van der Waals surface area contributed by atoms with Crippen LogP contribution in [0, 0.1) is 0 Å². The van der Waals surface area contributed by atoms with Gasteiger partial charge in [-0.2, -0.15) is 0 Å². The minimum Gasteiger partial charge on any atom is -0.359 e. The fourth-order valence-corrected chi connectivity index (χ4v) is 3.81. The summed E-state index contributed by atoms with van der Waals surface area (Å²) in [5.74, 6) is 1.04. The zero-order valence-corrected chi connectivity index (χ0v) is 17.4. The number of nitrogens with one attached hydrogen (secondary N) is 1. The maximum atomic E-state index is 12.8. The molecule has 2 aromatic heterocycles. The van der Waals surface area contributed by atoms with Crippen molar-refractivity contribution in [3.63, 3.8) is 0 Å². The van der Waals surface area contributed by atoms with E-state index in [0.29, 0.717) is 0 Å². The van der Waals surface area contributed by atoms with Crippen LogP contribution in [-0.2, 0) is 0 Å². The number of H-pyrrole nitrogens is 1. The lowest BCUT2D eigenvalue weighted by molar-refractivity contribution is 0.0664. The summed E-state index contributed by atoms with van der Waals surface area (Å²) >= 11 is 0. The van der Waals surface area contributed by atoms with Crippen LogP contribution in [0.15, 0.2) is 36.7 Å². The van der Waals surface area contributed by atoms with Gasteiger partial charge in [0.25, 0.3) is 5.91 Å². The van der Waals surface area contributed by atoms with Crippen molar-refractivity contribution in [2.75, 3.05) is 51.7 Å². The van der Waals surface area contributed by atoms with Gasteiger partial charge in [0.1, 0.15) is 17.8 Å². The number of aromatic amines is 1. The quantitative estimate of drug-likeness (QED) is 0.723. The van der Waals surface area contributed by atoms with Crippen LogP contribution in [0.3, 0.4) is 0 Å². The van der Waals surface area contributed by atoms with Crippen molar-refractivity contribution in [1.82, 2.24) is 24.8 Å². The van der Waals surface area contributed by atoms with Crippen LogP contribution in [-0.4, -0.2) is 77.5 Å². The van der Waals surface area contributed by atoms with Gasteiger partial charge in [-0.1, -0.05) is 19.1 Å². The highest BCUT2D eigenvalue weighted by Crippen LogP contribution is 2.28. The highest BCUT2D eigenvalue weighted by molar-refractivity contribution is 5.95. The fraction of sp³-hybridized carbons (Fsp3) is 0.409. The summed E-state index contributed by atoms with van der Waals surface area (Å²) < 4.78 is 0. The van der Waals surface area contributed by atoms with Gasteiger partial charge in [0.2, 0.25) is 0 Å². The van der Waals surface area contributed by atoms with Crippen LogP contribution in [0.4, 0.5) is 5.82 Å². The monoisotopic (exact) mass is 392 g/mol. The highest BCUT2D eigenvalue weighted by atomic mass is 16.2. The van der Waals surface area contributed by atoms with Crippen molar-refractivity contribution in [1.29, 1.82) is 0 Å². The number of nitrogens with zero attached hydrogens (tertiary/aromatic N) is 5. The average Bonchev–Trinajstić information content (AvgIpc) is 3.18. The number of aromatic nitrogens is 3. The molecule has 0 aliphatic carbocycles. The summed E-state index contributed by atoms with van der Waals surface area (Å²) in [5, 5.41) is 1.01. The number of fused-ring (bicyclic) bond motifs is 1. The van der Waals surface area contributed by atoms with Gasteiger partial charge in [-0.3, -0.25) is 4.79 Å². The van der Waals surface area contributed by atoms with Crippen LogP contribution in [0.2, 0.25) is 0 Å². The maximum Gasteiger partial charge on any atom is 0.253 e. The summed E-state index contributed by atoms with van der Waals surface area (Å²) in [7, 11) is 4.14. The van der Waals surface area contributed by atoms with Crippen molar-refractivity contribution in [3.05, 3.63) is 42.2 Å². The molecule has 1 aromatic carbocycles. The molecule has 0 saturated carbocycles. The number of amides is 1. The smallest absolute Gasteiger partial charge is 0.253 e. The molecular weight excluding hydrogens is 364 g/mol. The van der Waals surface area contributed by atoms with Gasteiger partial charge in [-0.25, -0.2) is 9.97 Å². The van der Waals surface area contributed by atoms with Gasteiger partial charge in [-0.05, 0) is 37.2 Å². The molecule has 7 heteroatoms. The summed E-state index contributed by atoms with van der Waals surface area (Å²) in [6.07, 6.45) is 2.66. The number of hydrogen-bond donors (Lipinski definition) is 1. The molecule has 0 radical (unpaired) electrons. The van der Waals surface area contributed by atoms with E-state index >= 15 is 0 Å². The zero-order valence-electron chi connectivity index (χ0n) is 17.4. The lowest BCUT2D eigenvalue weighted by Crippen LogP contribution is -2.47. The van der Waals surface area contributed by atoms with Gasteiger partial charge >= 0.3 is 0 Å². The molecule has 1 aliphatic heterocycles. The predicted molar refractivity (Wildman–Crippen MR) is 116 cm³/mol. The Bertz CT molecular complexity index is 988. The minimum absolute atomic E-state index is 0.107. The number of rotatable bonds is 5. The first-order valence-electron chi connectivity index (χ1n) is 10.2. The molecule has 1 fully saturated rings.